The summed E-state index contributed by atoms with van der Waals surface area (Å²) in [6, 6.07) is 9.78. The highest BCUT2D eigenvalue weighted by Crippen LogP contribution is 2.36. The molecule has 3 rings (SSSR count). The van der Waals surface area contributed by atoms with Crippen molar-refractivity contribution in [3.63, 3.8) is 0 Å². The fourth-order valence-corrected chi connectivity index (χ4v) is 3.69. The topological polar surface area (TPSA) is 91.5 Å². The number of rotatable bonds is 2. The zero-order chi connectivity index (χ0) is 17.3. The van der Waals surface area contributed by atoms with Crippen molar-refractivity contribution < 1.29 is 4.79 Å². The van der Waals surface area contributed by atoms with E-state index in [-0.39, 0.29) is 11.0 Å². The molecule has 0 spiro atoms. The third-order valence-electron chi connectivity index (χ3n) is 3.81. The van der Waals surface area contributed by atoms with E-state index >= 15 is 0 Å². The number of carbonyl (C=O) groups excluding carboxylic acids is 1. The van der Waals surface area contributed by atoms with Gasteiger partial charge in [0, 0.05) is 16.0 Å². The Hall–Kier alpha value is -2.29. The van der Waals surface area contributed by atoms with Crippen LogP contribution in [-0.4, -0.2) is 22.9 Å². The molecule has 1 atom stereocenters. The van der Waals surface area contributed by atoms with Crippen LogP contribution in [0.5, 0.6) is 0 Å². The van der Waals surface area contributed by atoms with Gasteiger partial charge in [0.1, 0.15) is 5.00 Å². The van der Waals surface area contributed by atoms with Crippen molar-refractivity contribution in [3.05, 3.63) is 51.9 Å². The van der Waals surface area contributed by atoms with Gasteiger partial charge in [0.25, 0.3) is 5.91 Å². The molecule has 1 aromatic heterocycles. The first kappa shape index (κ1) is 16.6. The summed E-state index contributed by atoms with van der Waals surface area (Å²) in [5, 5.41) is 6.71. The molecule has 0 fully saturated rings. The van der Waals surface area contributed by atoms with Gasteiger partial charge in [-0.15, -0.1) is 11.3 Å². The van der Waals surface area contributed by atoms with E-state index in [4.69, 9.17) is 18.1 Å². The predicted octanol–water partition coefficient (Wildman–Crippen LogP) is 1.82. The van der Waals surface area contributed by atoms with Crippen LogP contribution in [0.3, 0.4) is 0 Å². The fraction of sp³-hybridized carbons (Fsp3) is 0.188. The lowest BCUT2D eigenvalue weighted by Gasteiger charge is -2.14. The van der Waals surface area contributed by atoms with E-state index in [1.807, 2.05) is 44.2 Å². The van der Waals surface area contributed by atoms with Gasteiger partial charge in [-0.2, -0.15) is 0 Å². The number of hydrogen-bond donors (Lipinski definition) is 4. The number of amides is 1. The third kappa shape index (κ3) is 3.03. The normalized spacial score (nSPS) is 16.5. The van der Waals surface area contributed by atoms with Gasteiger partial charge in [-0.25, -0.2) is 10.8 Å². The number of fused-ring (bicyclic) bond motifs is 1. The maximum absolute atomic E-state index is 12.5. The molecule has 6 nitrogen and oxygen atoms in total. The lowest BCUT2D eigenvalue weighted by atomic mass is 10.00. The number of carbonyl (C=O) groups is 1. The standard InChI is InChI=1S/C16H17N5OS2/c1-8-9(2)24-15-11(8)12(10-6-4-3-5-7-10)18-13(14(22)20-15)19-16(23)21-17/h3-7,13H,17H2,1-2H3,(H,20,22)(H2,19,21,23). The van der Waals surface area contributed by atoms with Gasteiger partial charge in [0.05, 0.1) is 5.71 Å². The summed E-state index contributed by atoms with van der Waals surface area (Å²) in [6.45, 7) is 4.07. The van der Waals surface area contributed by atoms with Crippen LogP contribution < -0.4 is 21.9 Å². The van der Waals surface area contributed by atoms with Gasteiger partial charge in [0.15, 0.2) is 5.11 Å². The Morgan fingerprint density at radius 2 is 2.04 bits per heavy atom. The second-order valence-electron chi connectivity index (χ2n) is 5.34. The number of hydrogen-bond acceptors (Lipinski definition) is 5. The summed E-state index contributed by atoms with van der Waals surface area (Å²) in [5.41, 5.74) is 6.07. The summed E-state index contributed by atoms with van der Waals surface area (Å²) in [6.07, 6.45) is -0.858. The van der Waals surface area contributed by atoms with Crippen molar-refractivity contribution in [2.75, 3.05) is 5.32 Å². The summed E-state index contributed by atoms with van der Waals surface area (Å²) < 4.78 is 0. The molecule has 0 radical (unpaired) electrons. The molecular weight excluding hydrogens is 342 g/mol. The van der Waals surface area contributed by atoms with Crippen molar-refractivity contribution in [3.8, 4) is 0 Å². The predicted molar refractivity (Wildman–Crippen MR) is 101 cm³/mol. The van der Waals surface area contributed by atoms with Gasteiger partial charge in [0.2, 0.25) is 6.17 Å². The van der Waals surface area contributed by atoms with Crippen LogP contribution in [0.2, 0.25) is 0 Å². The fourth-order valence-electron chi connectivity index (χ4n) is 2.51. The van der Waals surface area contributed by atoms with Crippen LogP contribution in [0.15, 0.2) is 35.3 Å². The Kier molecular flexibility index (Phi) is 4.61. The Bertz CT molecular complexity index is 828. The second-order valence-corrected chi connectivity index (χ2v) is 6.97. The number of benzene rings is 1. The monoisotopic (exact) mass is 359 g/mol. The molecule has 24 heavy (non-hydrogen) atoms. The molecule has 1 amide bonds. The Labute approximate surface area is 149 Å². The lowest BCUT2D eigenvalue weighted by molar-refractivity contribution is -0.117. The zero-order valence-electron chi connectivity index (χ0n) is 13.2. The van der Waals surface area contributed by atoms with Gasteiger partial charge >= 0.3 is 0 Å². The number of hydrazine groups is 1. The quantitative estimate of drug-likeness (QED) is 0.373. The molecule has 0 aliphatic carbocycles. The molecule has 0 saturated carbocycles. The minimum Gasteiger partial charge on any atom is -0.332 e. The van der Waals surface area contributed by atoms with E-state index in [9.17, 15) is 4.79 Å². The van der Waals surface area contributed by atoms with E-state index in [2.05, 4.69) is 21.1 Å². The highest BCUT2D eigenvalue weighted by Gasteiger charge is 2.29. The minimum absolute atomic E-state index is 0.157. The highest BCUT2D eigenvalue weighted by molar-refractivity contribution is 7.80. The molecule has 124 valence electrons. The Balaban J connectivity index is 2.16. The molecule has 1 unspecified atom stereocenters. The maximum atomic E-state index is 12.5. The largest absolute Gasteiger partial charge is 0.332 e. The molecule has 1 aliphatic rings. The van der Waals surface area contributed by atoms with E-state index in [1.54, 1.807) is 11.3 Å². The summed E-state index contributed by atoms with van der Waals surface area (Å²) >= 11 is 6.55. The first-order chi connectivity index (χ1) is 11.5. The van der Waals surface area contributed by atoms with Crippen molar-refractivity contribution in [2.24, 2.45) is 10.8 Å². The minimum atomic E-state index is -0.858. The van der Waals surface area contributed by atoms with Crippen LogP contribution in [-0.2, 0) is 4.79 Å². The number of thiocarbonyl (C=S) groups is 1. The van der Waals surface area contributed by atoms with E-state index in [0.717, 1.165) is 32.3 Å². The molecule has 8 heteroatoms. The number of nitrogens with two attached hydrogens (primary N) is 1. The van der Waals surface area contributed by atoms with Gasteiger partial charge in [-0.05, 0) is 31.6 Å². The summed E-state index contributed by atoms with van der Waals surface area (Å²) in [7, 11) is 0. The van der Waals surface area contributed by atoms with Crippen LogP contribution >= 0.6 is 23.6 Å². The van der Waals surface area contributed by atoms with Crippen molar-refractivity contribution in [2.45, 2.75) is 20.0 Å². The van der Waals surface area contributed by atoms with Crippen molar-refractivity contribution in [1.29, 1.82) is 0 Å². The van der Waals surface area contributed by atoms with Crippen molar-refractivity contribution in [1.82, 2.24) is 10.7 Å². The number of nitrogens with one attached hydrogen (secondary N) is 3. The Morgan fingerprint density at radius 3 is 2.71 bits per heavy atom. The van der Waals surface area contributed by atoms with E-state index in [0.29, 0.717) is 0 Å². The number of aryl methyl sites for hydroxylation is 1. The smallest absolute Gasteiger partial charge is 0.270 e. The van der Waals surface area contributed by atoms with Gasteiger partial charge in [-0.3, -0.25) is 4.79 Å². The molecule has 0 saturated heterocycles. The lowest BCUT2D eigenvalue weighted by Crippen LogP contribution is -2.48. The molecule has 0 bridgehead atoms. The molecule has 1 aliphatic heterocycles. The molecule has 1 aromatic carbocycles. The van der Waals surface area contributed by atoms with E-state index in [1.165, 1.54) is 0 Å². The third-order valence-corrected chi connectivity index (χ3v) is 5.17. The number of nitrogens with zero attached hydrogens (tertiary/aromatic N) is 1. The van der Waals surface area contributed by atoms with E-state index < -0.39 is 6.17 Å². The molecule has 2 heterocycles. The van der Waals surface area contributed by atoms with Crippen LogP contribution in [0, 0.1) is 13.8 Å². The Morgan fingerprint density at radius 1 is 1.33 bits per heavy atom. The first-order valence-corrected chi connectivity index (χ1v) is 8.55. The number of thiophene rings is 1. The average Bonchev–Trinajstić information content (AvgIpc) is 2.77. The first-order valence-electron chi connectivity index (χ1n) is 7.33. The molecule has 5 N–H and O–H groups in total. The number of anilines is 1. The molecular formula is C16H17N5OS2. The SMILES string of the molecule is Cc1sc2c(c1C)C(c1ccccc1)=NC(NC(=S)NN)C(=O)N2. The summed E-state index contributed by atoms with van der Waals surface area (Å²) in [4.78, 5) is 18.3. The number of aliphatic imine (C=N–C) groups is 1. The van der Waals surface area contributed by atoms with Crippen molar-refractivity contribution >= 4 is 45.3 Å². The maximum Gasteiger partial charge on any atom is 0.270 e. The average molecular weight is 359 g/mol. The second kappa shape index (κ2) is 6.68. The van der Waals surface area contributed by atoms with Gasteiger partial charge < -0.3 is 16.1 Å². The highest BCUT2D eigenvalue weighted by atomic mass is 32.1. The van der Waals surface area contributed by atoms with Crippen LogP contribution in [0.25, 0.3) is 0 Å². The zero-order valence-corrected chi connectivity index (χ0v) is 14.8. The van der Waals surface area contributed by atoms with Crippen LogP contribution in [0.1, 0.15) is 21.6 Å². The van der Waals surface area contributed by atoms with Gasteiger partial charge in [-0.1, -0.05) is 30.3 Å². The summed E-state index contributed by atoms with van der Waals surface area (Å²) in [5.74, 6) is 5.02. The van der Waals surface area contributed by atoms with Crippen LogP contribution in [0.4, 0.5) is 5.00 Å². The molecule has 2 aromatic rings.